The van der Waals surface area contributed by atoms with Gasteiger partial charge in [0.25, 0.3) is 5.91 Å². The topological polar surface area (TPSA) is 32.3 Å². The molecule has 1 amide bonds. The van der Waals surface area contributed by atoms with Crippen LogP contribution in [0.1, 0.15) is 36.0 Å². The Bertz CT molecular complexity index is 495. The summed E-state index contributed by atoms with van der Waals surface area (Å²) in [5.41, 5.74) is 0.808. The number of nitrogens with zero attached hydrogens (tertiary/aromatic N) is 1. The summed E-state index contributed by atoms with van der Waals surface area (Å²) in [7, 11) is 0. The molecule has 3 nitrogen and oxygen atoms in total. The van der Waals surface area contributed by atoms with E-state index in [1.165, 1.54) is 25.7 Å². The van der Waals surface area contributed by atoms with Gasteiger partial charge in [0.2, 0.25) is 0 Å². The van der Waals surface area contributed by atoms with Gasteiger partial charge in [0, 0.05) is 12.6 Å². The molecule has 2 fully saturated rings. The van der Waals surface area contributed by atoms with E-state index in [1.807, 2.05) is 6.07 Å². The summed E-state index contributed by atoms with van der Waals surface area (Å²) < 4.78 is 1.94. The predicted molar refractivity (Wildman–Crippen MR) is 89.4 cm³/mol. The minimum absolute atomic E-state index is 0.194. The van der Waals surface area contributed by atoms with Crippen LogP contribution in [0.15, 0.2) is 13.6 Å². The van der Waals surface area contributed by atoms with Crippen LogP contribution in [0.4, 0.5) is 0 Å². The second-order valence-electron chi connectivity index (χ2n) is 5.62. The first-order valence-electron chi connectivity index (χ1n) is 7.11. The van der Waals surface area contributed by atoms with Crippen molar-refractivity contribution in [3.63, 3.8) is 0 Å². The summed E-state index contributed by atoms with van der Waals surface area (Å²) in [6, 6.07) is 2.41. The smallest absolute Gasteiger partial charge is 0.256 e. The van der Waals surface area contributed by atoms with Crippen LogP contribution in [0, 0.1) is 5.92 Å². The first kappa shape index (κ1) is 15.0. The third-order valence-electron chi connectivity index (χ3n) is 4.05. The largest absolute Gasteiger partial charge is 0.335 e. The molecule has 1 aromatic heterocycles. The third kappa shape index (κ3) is 3.46. The minimum Gasteiger partial charge on any atom is -0.335 e. The molecule has 2 heterocycles. The van der Waals surface area contributed by atoms with Crippen LogP contribution < -0.4 is 5.32 Å². The predicted octanol–water partition coefficient (Wildman–Crippen LogP) is 3.88. The average Bonchev–Trinajstić information content (AvgIpc) is 3.22. The Morgan fingerprint density at radius 3 is 2.55 bits per heavy atom. The molecule has 0 unspecified atom stereocenters. The Morgan fingerprint density at radius 1 is 1.30 bits per heavy atom. The van der Waals surface area contributed by atoms with E-state index in [1.54, 1.807) is 11.3 Å². The molecule has 20 heavy (non-hydrogen) atoms. The summed E-state index contributed by atoms with van der Waals surface area (Å²) in [5.74, 6) is 0.849. The van der Waals surface area contributed by atoms with Gasteiger partial charge in [-0.15, -0.1) is 11.3 Å². The van der Waals surface area contributed by atoms with Gasteiger partial charge in [0.15, 0.2) is 0 Å². The highest BCUT2D eigenvalue weighted by atomic mass is 79.9. The van der Waals surface area contributed by atoms with Crippen molar-refractivity contribution in [3.05, 3.63) is 19.2 Å². The van der Waals surface area contributed by atoms with Crippen molar-refractivity contribution in [1.29, 1.82) is 0 Å². The normalized spacial score (nSPS) is 20.1. The number of hydrogen-bond donors (Lipinski definition) is 1. The molecule has 0 aromatic carbocycles. The van der Waals surface area contributed by atoms with Gasteiger partial charge in [-0.1, -0.05) is 0 Å². The van der Waals surface area contributed by atoms with Gasteiger partial charge in [-0.05, 0) is 82.6 Å². The molecule has 0 atom stereocenters. The van der Waals surface area contributed by atoms with Gasteiger partial charge in [0.05, 0.1) is 13.1 Å². The van der Waals surface area contributed by atoms with Crippen molar-refractivity contribution >= 4 is 49.1 Å². The highest BCUT2D eigenvalue weighted by molar-refractivity contribution is 9.12. The minimum atomic E-state index is 0.194. The fourth-order valence-electron chi connectivity index (χ4n) is 2.77. The molecule has 3 rings (SSSR count). The lowest BCUT2D eigenvalue weighted by Gasteiger charge is -2.30. The number of amides is 1. The molecule has 1 N–H and O–H groups in total. The molecule has 6 heteroatoms. The van der Waals surface area contributed by atoms with Crippen LogP contribution in [0.2, 0.25) is 0 Å². The van der Waals surface area contributed by atoms with E-state index < -0.39 is 0 Å². The molecular formula is C14H18Br2N2OS. The van der Waals surface area contributed by atoms with Crippen LogP contribution >= 0.6 is 43.2 Å². The number of carbonyl (C=O) groups excluding carboxylic acids is 1. The molecule has 0 bridgehead atoms. The molecule has 0 radical (unpaired) electrons. The summed E-state index contributed by atoms with van der Waals surface area (Å²) >= 11 is 8.54. The molecule has 2 aliphatic rings. The number of hydrogen-bond acceptors (Lipinski definition) is 3. The van der Waals surface area contributed by atoms with Crippen molar-refractivity contribution in [1.82, 2.24) is 10.2 Å². The maximum atomic E-state index is 12.8. The molecule has 1 saturated carbocycles. The van der Waals surface area contributed by atoms with Crippen LogP contribution in [0.3, 0.4) is 0 Å². The zero-order valence-electron chi connectivity index (χ0n) is 11.2. The van der Waals surface area contributed by atoms with Crippen molar-refractivity contribution in [2.75, 3.05) is 19.6 Å². The monoisotopic (exact) mass is 420 g/mol. The molecule has 1 aromatic rings. The quantitative estimate of drug-likeness (QED) is 0.799. The standard InChI is InChI=1S/C14H18Br2N2OS/c15-12-7-11(13(16)20-12)14(19)18(10-1-2-10)8-9-3-5-17-6-4-9/h7,9-10,17H,1-6,8H2. The van der Waals surface area contributed by atoms with Crippen LogP contribution in [-0.2, 0) is 0 Å². The first-order chi connectivity index (χ1) is 9.65. The number of nitrogens with one attached hydrogen (secondary N) is 1. The highest BCUT2D eigenvalue weighted by Crippen LogP contribution is 2.36. The van der Waals surface area contributed by atoms with Crippen molar-refractivity contribution in [2.45, 2.75) is 31.7 Å². The number of rotatable bonds is 4. The number of thiophene rings is 1. The fourth-order valence-corrected chi connectivity index (χ4v) is 5.54. The maximum absolute atomic E-state index is 12.8. The summed E-state index contributed by atoms with van der Waals surface area (Å²) in [6.07, 6.45) is 4.70. The van der Waals surface area contributed by atoms with E-state index in [-0.39, 0.29) is 5.91 Å². The Hall–Kier alpha value is 0.0900. The third-order valence-corrected chi connectivity index (χ3v) is 6.39. The summed E-state index contributed by atoms with van der Waals surface area (Å²) in [6.45, 7) is 3.10. The van der Waals surface area contributed by atoms with E-state index in [0.29, 0.717) is 12.0 Å². The van der Waals surface area contributed by atoms with Gasteiger partial charge < -0.3 is 10.2 Å². The highest BCUT2D eigenvalue weighted by Gasteiger charge is 2.35. The number of piperidine rings is 1. The van der Waals surface area contributed by atoms with Crippen LogP contribution in [-0.4, -0.2) is 36.5 Å². The SMILES string of the molecule is O=C(c1cc(Br)sc1Br)N(CC1CCNCC1)C1CC1. The summed E-state index contributed by atoms with van der Waals surface area (Å²) in [5, 5.41) is 3.39. The van der Waals surface area contributed by atoms with Gasteiger partial charge in [-0.25, -0.2) is 0 Å². The second kappa shape index (κ2) is 6.46. The van der Waals surface area contributed by atoms with Crippen molar-refractivity contribution in [3.8, 4) is 0 Å². The second-order valence-corrected chi connectivity index (χ2v) is 9.37. The lowest BCUT2D eigenvalue weighted by atomic mass is 9.97. The fraction of sp³-hybridized carbons (Fsp3) is 0.643. The van der Waals surface area contributed by atoms with Gasteiger partial charge >= 0.3 is 0 Å². The zero-order chi connectivity index (χ0) is 14.1. The van der Waals surface area contributed by atoms with Crippen molar-refractivity contribution < 1.29 is 4.79 Å². The van der Waals surface area contributed by atoms with E-state index >= 15 is 0 Å². The van der Waals surface area contributed by atoms with E-state index in [2.05, 4.69) is 42.1 Å². The van der Waals surface area contributed by atoms with Crippen LogP contribution in [0.5, 0.6) is 0 Å². The van der Waals surface area contributed by atoms with Gasteiger partial charge in [0.1, 0.15) is 0 Å². The van der Waals surface area contributed by atoms with Crippen LogP contribution in [0.25, 0.3) is 0 Å². The molecule has 1 aliphatic heterocycles. The Labute approximate surface area is 140 Å². The Morgan fingerprint density at radius 2 is 2.00 bits per heavy atom. The summed E-state index contributed by atoms with van der Waals surface area (Å²) in [4.78, 5) is 14.9. The molecule has 110 valence electrons. The molecule has 1 aliphatic carbocycles. The average molecular weight is 422 g/mol. The van der Waals surface area contributed by atoms with E-state index in [9.17, 15) is 4.79 Å². The number of halogens is 2. The molecule has 1 saturated heterocycles. The maximum Gasteiger partial charge on any atom is 0.256 e. The number of carbonyl (C=O) groups is 1. The zero-order valence-corrected chi connectivity index (χ0v) is 15.2. The van der Waals surface area contributed by atoms with E-state index in [4.69, 9.17) is 0 Å². The Balaban J connectivity index is 1.72. The first-order valence-corrected chi connectivity index (χ1v) is 9.52. The Kier molecular flexibility index (Phi) is 4.85. The molecular weight excluding hydrogens is 404 g/mol. The van der Waals surface area contributed by atoms with Gasteiger partial charge in [-0.3, -0.25) is 4.79 Å². The van der Waals surface area contributed by atoms with Crippen molar-refractivity contribution in [2.24, 2.45) is 5.92 Å². The van der Waals surface area contributed by atoms with Gasteiger partial charge in [-0.2, -0.15) is 0 Å². The molecule has 0 spiro atoms. The lowest BCUT2D eigenvalue weighted by molar-refractivity contribution is 0.0701. The van der Waals surface area contributed by atoms with E-state index in [0.717, 1.165) is 32.8 Å². The lowest BCUT2D eigenvalue weighted by Crippen LogP contribution is -2.40.